The highest BCUT2D eigenvalue weighted by Gasteiger charge is 2.26. The molecule has 0 amide bonds. The van der Waals surface area contributed by atoms with E-state index in [1.165, 1.54) is 26.8 Å². The van der Waals surface area contributed by atoms with Crippen molar-refractivity contribution in [1.29, 1.82) is 5.26 Å². The molecule has 2 heterocycles. The lowest BCUT2D eigenvalue weighted by Crippen LogP contribution is -1.75. The minimum absolute atomic E-state index is 0.624. The molecular weight excluding hydrogens is 351 g/mol. The van der Waals surface area contributed by atoms with Gasteiger partial charge in [0.2, 0.25) is 0 Å². The van der Waals surface area contributed by atoms with Crippen LogP contribution in [0.4, 0.5) is 0 Å². The van der Waals surface area contributed by atoms with Crippen molar-refractivity contribution in [3.05, 3.63) is 26.8 Å². The first kappa shape index (κ1) is 16.2. The summed E-state index contributed by atoms with van der Waals surface area (Å²) in [6.45, 7) is 4.38. The fraction of sp³-hybridized carbons (Fsp3) is 0.417. The molecule has 2 rings (SSSR count). The van der Waals surface area contributed by atoms with Crippen molar-refractivity contribution in [2.75, 3.05) is 12.0 Å². The number of nitrogens with zero attached hydrogens (tertiary/aromatic N) is 1. The van der Waals surface area contributed by atoms with Crippen LogP contribution in [0, 0.1) is 11.3 Å². The largest absolute Gasteiger partial charge is 0.198 e. The Morgan fingerprint density at radius 3 is 2.11 bits per heavy atom. The average molecular weight is 364 g/mol. The number of allylic oxidation sites excluding steroid dienone is 2. The third-order valence-corrected chi connectivity index (χ3v) is 10.8. The summed E-state index contributed by atoms with van der Waals surface area (Å²) in [6, 6.07) is 2.20. The molecular formula is C12H13NS6. The van der Waals surface area contributed by atoms with E-state index < -0.39 is 0 Å². The van der Waals surface area contributed by atoms with Gasteiger partial charge in [-0.2, -0.15) is 5.26 Å². The first-order valence-electron chi connectivity index (χ1n) is 5.57. The smallest absolute Gasteiger partial charge is 0.0708 e. The van der Waals surface area contributed by atoms with E-state index in [4.69, 9.17) is 5.26 Å². The summed E-state index contributed by atoms with van der Waals surface area (Å²) in [6.07, 6.45) is 2.76. The van der Waals surface area contributed by atoms with Crippen molar-refractivity contribution in [3.8, 4) is 6.07 Å². The van der Waals surface area contributed by atoms with Gasteiger partial charge in [0.25, 0.3) is 0 Å². The first-order valence-corrected chi connectivity index (χ1v) is 11.0. The average Bonchev–Trinajstić information content (AvgIpc) is 2.93. The van der Waals surface area contributed by atoms with Gasteiger partial charge in [-0.15, -0.1) is 23.5 Å². The van der Waals surface area contributed by atoms with Gasteiger partial charge < -0.3 is 0 Å². The van der Waals surface area contributed by atoms with Crippen LogP contribution < -0.4 is 0 Å². The van der Waals surface area contributed by atoms with E-state index in [2.05, 4.69) is 26.2 Å². The summed E-state index contributed by atoms with van der Waals surface area (Å²) in [5.74, 6) is 0.896. The van der Waals surface area contributed by atoms with Gasteiger partial charge in [-0.25, -0.2) is 0 Å². The third-order valence-electron chi connectivity index (χ3n) is 2.24. The molecule has 102 valence electrons. The zero-order valence-electron chi connectivity index (χ0n) is 10.8. The van der Waals surface area contributed by atoms with Crippen molar-refractivity contribution in [3.63, 3.8) is 0 Å². The fourth-order valence-corrected chi connectivity index (χ4v) is 9.33. The molecule has 0 bridgehead atoms. The molecule has 0 unspecified atom stereocenters. The molecule has 0 N–H and O–H groups in total. The minimum Gasteiger partial charge on any atom is -0.198 e. The van der Waals surface area contributed by atoms with Gasteiger partial charge in [0.1, 0.15) is 0 Å². The zero-order chi connectivity index (χ0) is 13.8. The molecule has 0 radical (unpaired) electrons. The molecule has 0 atom stereocenters. The molecule has 0 saturated carbocycles. The van der Waals surface area contributed by atoms with Crippen LogP contribution in [-0.2, 0) is 0 Å². The van der Waals surface area contributed by atoms with E-state index in [9.17, 15) is 0 Å². The van der Waals surface area contributed by atoms with E-state index in [0.717, 1.165) is 5.75 Å². The molecule has 7 heteroatoms. The van der Waals surface area contributed by atoms with Crippen LogP contribution in [-0.4, -0.2) is 12.0 Å². The van der Waals surface area contributed by atoms with Gasteiger partial charge in [0.15, 0.2) is 0 Å². The Morgan fingerprint density at radius 2 is 1.58 bits per heavy atom. The Kier molecular flexibility index (Phi) is 6.57. The summed E-state index contributed by atoms with van der Waals surface area (Å²) in [7, 11) is 0. The molecule has 2 aliphatic rings. The number of hydrogen-bond donors (Lipinski definition) is 0. The van der Waals surface area contributed by atoms with Gasteiger partial charge in [0.05, 0.1) is 23.0 Å². The van der Waals surface area contributed by atoms with Crippen molar-refractivity contribution < 1.29 is 0 Å². The summed E-state index contributed by atoms with van der Waals surface area (Å²) >= 11 is 11.2. The molecule has 2 aliphatic heterocycles. The lowest BCUT2D eigenvalue weighted by atomic mass is 10.6. The monoisotopic (exact) mass is 363 g/mol. The minimum atomic E-state index is 0.624. The van der Waals surface area contributed by atoms with Gasteiger partial charge in [-0.3, -0.25) is 0 Å². The summed E-state index contributed by atoms with van der Waals surface area (Å²) in [5, 5.41) is 8.60. The van der Waals surface area contributed by atoms with Gasteiger partial charge >= 0.3 is 0 Å². The highest BCUT2D eigenvalue weighted by Crippen LogP contribution is 2.62. The quantitative estimate of drug-likeness (QED) is 0.528. The molecule has 0 saturated heterocycles. The van der Waals surface area contributed by atoms with E-state index in [1.54, 1.807) is 0 Å². The fourth-order valence-electron chi connectivity index (χ4n) is 1.39. The number of nitriles is 1. The van der Waals surface area contributed by atoms with Crippen LogP contribution in [0.25, 0.3) is 0 Å². The summed E-state index contributed by atoms with van der Waals surface area (Å²) < 4.78 is 5.64. The molecule has 0 spiro atoms. The maximum absolute atomic E-state index is 8.60. The van der Waals surface area contributed by atoms with E-state index in [-0.39, 0.29) is 0 Å². The second-order valence-corrected chi connectivity index (χ2v) is 11.1. The van der Waals surface area contributed by atoms with E-state index in [1.807, 2.05) is 70.6 Å². The second-order valence-electron chi connectivity index (χ2n) is 3.63. The highest BCUT2D eigenvalue weighted by molar-refractivity contribution is 8.40. The van der Waals surface area contributed by atoms with Crippen molar-refractivity contribution in [2.24, 2.45) is 0 Å². The molecule has 0 aromatic rings. The predicted molar refractivity (Wildman–Crippen MR) is 99.0 cm³/mol. The van der Waals surface area contributed by atoms with Crippen LogP contribution in [0.5, 0.6) is 0 Å². The number of rotatable bonds is 4. The number of thioether (sulfide) groups is 6. The molecule has 0 aliphatic carbocycles. The van der Waals surface area contributed by atoms with E-state index in [0.29, 0.717) is 6.42 Å². The summed E-state index contributed by atoms with van der Waals surface area (Å²) in [4.78, 5) is 2.80. The van der Waals surface area contributed by atoms with Gasteiger partial charge in [0, 0.05) is 22.0 Å². The van der Waals surface area contributed by atoms with Gasteiger partial charge in [-0.05, 0) is 20.1 Å². The Labute approximate surface area is 140 Å². The third kappa shape index (κ3) is 4.14. The van der Waals surface area contributed by atoms with Crippen molar-refractivity contribution in [2.45, 2.75) is 20.3 Å². The zero-order valence-corrected chi connectivity index (χ0v) is 15.7. The summed E-state index contributed by atoms with van der Waals surface area (Å²) in [5.41, 5.74) is 0. The molecule has 0 aromatic carbocycles. The van der Waals surface area contributed by atoms with Crippen molar-refractivity contribution in [1.82, 2.24) is 0 Å². The molecule has 1 nitrogen and oxygen atoms in total. The van der Waals surface area contributed by atoms with E-state index >= 15 is 0 Å². The van der Waals surface area contributed by atoms with Gasteiger partial charge in [-0.1, -0.05) is 47.0 Å². The van der Waals surface area contributed by atoms with Crippen molar-refractivity contribution >= 4 is 70.6 Å². The predicted octanol–water partition coefficient (Wildman–Crippen LogP) is 6.46. The maximum Gasteiger partial charge on any atom is 0.0708 e. The Bertz CT molecular complexity index is 511. The topological polar surface area (TPSA) is 23.8 Å². The standard InChI is InChI=1S/C12H13NS6/c1-7-9(14-3)18-11(16-7)12-17-8(2)10(19-12)15-6-4-5-13/h4,6H2,1-3H3/b12-11+. The highest BCUT2D eigenvalue weighted by atomic mass is 32.2. The second kappa shape index (κ2) is 7.71. The lowest BCUT2D eigenvalue weighted by Gasteiger charge is -2.02. The Balaban J connectivity index is 1.99. The van der Waals surface area contributed by atoms with Crippen LogP contribution in [0.1, 0.15) is 20.3 Å². The molecule has 0 fully saturated rings. The molecule has 19 heavy (non-hydrogen) atoms. The Hall–Kier alpha value is 0.810. The SMILES string of the molecule is CSC1=C(C)S/C(=C2/SC(C)=C(SCCC#N)S2)S1. The Morgan fingerprint density at radius 1 is 1.00 bits per heavy atom. The first-order chi connectivity index (χ1) is 9.15. The number of hydrogen-bond acceptors (Lipinski definition) is 7. The maximum atomic E-state index is 8.60. The van der Waals surface area contributed by atoms with Crippen LogP contribution in [0.3, 0.4) is 0 Å². The molecule has 0 aromatic heterocycles. The normalized spacial score (nSPS) is 23.5. The van der Waals surface area contributed by atoms with Crippen LogP contribution in [0.2, 0.25) is 0 Å². The lowest BCUT2D eigenvalue weighted by molar-refractivity contribution is 1.24. The van der Waals surface area contributed by atoms with Crippen LogP contribution in [0.15, 0.2) is 26.8 Å². The van der Waals surface area contributed by atoms with Crippen LogP contribution >= 0.6 is 70.6 Å².